The number of fused-ring (bicyclic) bond motifs is 1. The van der Waals surface area contributed by atoms with E-state index in [1.807, 2.05) is 13.8 Å². The molecule has 0 radical (unpaired) electrons. The van der Waals surface area contributed by atoms with E-state index in [2.05, 4.69) is 15.1 Å². The summed E-state index contributed by atoms with van der Waals surface area (Å²) in [7, 11) is -1.72. The molecule has 144 valence electrons. The Labute approximate surface area is 157 Å². The van der Waals surface area contributed by atoms with Crippen molar-refractivity contribution in [3.05, 3.63) is 34.2 Å². The van der Waals surface area contributed by atoms with Crippen molar-refractivity contribution in [1.82, 2.24) is 19.7 Å². The number of hydrogen-bond donors (Lipinski definition) is 1. The monoisotopic (exact) mass is 390 g/mol. The zero-order valence-corrected chi connectivity index (χ0v) is 16.6. The number of H-pyrrole nitrogens is 1. The predicted molar refractivity (Wildman–Crippen MR) is 103 cm³/mol. The Hall–Kier alpha value is -2.68. The van der Waals surface area contributed by atoms with Gasteiger partial charge in [-0.1, -0.05) is 13.3 Å². The topological polar surface area (TPSA) is 107 Å². The van der Waals surface area contributed by atoms with E-state index in [4.69, 9.17) is 4.74 Å². The van der Waals surface area contributed by atoms with Crippen molar-refractivity contribution < 1.29 is 13.2 Å². The molecule has 0 aliphatic heterocycles. The van der Waals surface area contributed by atoms with Gasteiger partial charge in [0.15, 0.2) is 15.4 Å². The van der Waals surface area contributed by atoms with Gasteiger partial charge in [0.2, 0.25) is 0 Å². The number of hydrogen-bond acceptors (Lipinski definition) is 6. The molecule has 0 saturated carbocycles. The summed E-state index contributed by atoms with van der Waals surface area (Å²) in [5.41, 5.74) is 1.73. The normalized spacial score (nSPS) is 11.9. The van der Waals surface area contributed by atoms with Gasteiger partial charge < -0.3 is 9.72 Å². The molecule has 0 spiro atoms. The van der Waals surface area contributed by atoms with Gasteiger partial charge in [0.1, 0.15) is 17.1 Å². The Kier molecular flexibility index (Phi) is 5.05. The molecule has 9 heteroatoms. The number of sulfone groups is 1. The number of benzene rings is 1. The third-order valence-electron chi connectivity index (χ3n) is 4.18. The number of aromatic amines is 1. The van der Waals surface area contributed by atoms with Crippen LogP contribution >= 0.6 is 0 Å². The molecule has 1 N–H and O–H groups in total. The smallest absolute Gasteiger partial charge is 0.277 e. The Morgan fingerprint density at radius 1 is 1.26 bits per heavy atom. The van der Waals surface area contributed by atoms with Gasteiger partial charge in [0, 0.05) is 13.3 Å². The van der Waals surface area contributed by atoms with E-state index in [0.29, 0.717) is 35.4 Å². The maximum absolute atomic E-state index is 12.6. The molecule has 8 nitrogen and oxygen atoms in total. The van der Waals surface area contributed by atoms with E-state index in [1.165, 1.54) is 16.8 Å². The highest BCUT2D eigenvalue weighted by Crippen LogP contribution is 2.31. The predicted octanol–water partition coefficient (Wildman–Crippen LogP) is 2.08. The summed E-state index contributed by atoms with van der Waals surface area (Å²) in [4.78, 5) is 20.1. The molecule has 3 aromatic rings. The molecule has 0 atom stereocenters. The molecule has 0 aliphatic carbocycles. The molecule has 0 bridgehead atoms. The van der Waals surface area contributed by atoms with Crippen molar-refractivity contribution in [2.45, 2.75) is 31.6 Å². The van der Waals surface area contributed by atoms with Crippen LogP contribution in [0.3, 0.4) is 0 Å². The first-order valence-corrected chi connectivity index (χ1v) is 10.6. The van der Waals surface area contributed by atoms with Crippen LogP contribution in [0.5, 0.6) is 5.75 Å². The highest BCUT2D eigenvalue weighted by molar-refractivity contribution is 7.90. The van der Waals surface area contributed by atoms with E-state index in [-0.39, 0.29) is 16.3 Å². The number of rotatable bonds is 6. The van der Waals surface area contributed by atoms with Crippen LogP contribution in [-0.4, -0.2) is 41.0 Å². The Morgan fingerprint density at radius 2 is 2.00 bits per heavy atom. The van der Waals surface area contributed by atoms with Gasteiger partial charge in [0.05, 0.1) is 22.8 Å². The lowest BCUT2D eigenvalue weighted by molar-refractivity contribution is 0.341. The molecule has 27 heavy (non-hydrogen) atoms. The van der Waals surface area contributed by atoms with Gasteiger partial charge in [-0.05, 0) is 31.5 Å². The summed E-state index contributed by atoms with van der Waals surface area (Å²) >= 11 is 0. The van der Waals surface area contributed by atoms with Crippen LogP contribution in [0.4, 0.5) is 0 Å². The second-order valence-corrected chi connectivity index (χ2v) is 8.31. The SMILES string of the molecule is CCCc1nn(C)c2c(=O)[nH]c(-c3cc(S(C)(=O)=O)ccc3OCC)nc12. The van der Waals surface area contributed by atoms with E-state index in [1.54, 1.807) is 13.1 Å². The van der Waals surface area contributed by atoms with Crippen LogP contribution in [0.25, 0.3) is 22.4 Å². The van der Waals surface area contributed by atoms with Crippen molar-refractivity contribution >= 4 is 20.9 Å². The van der Waals surface area contributed by atoms with Crippen molar-refractivity contribution in [2.24, 2.45) is 7.05 Å². The highest BCUT2D eigenvalue weighted by atomic mass is 32.2. The molecular formula is C18H22N4O4S. The van der Waals surface area contributed by atoms with Crippen LogP contribution in [0.1, 0.15) is 26.0 Å². The Balaban J connectivity index is 2.31. The molecule has 0 aliphatic rings. The summed E-state index contributed by atoms with van der Waals surface area (Å²) in [6.07, 6.45) is 2.69. The highest BCUT2D eigenvalue weighted by Gasteiger charge is 2.19. The first-order valence-electron chi connectivity index (χ1n) is 8.69. The van der Waals surface area contributed by atoms with E-state index >= 15 is 0 Å². The lowest BCUT2D eigenvalue weighted by atomic mass is 10.1. The molecule has 2 heterocycles. The van der Waals surface area contributed by atoms with Crippen molar-refractivity contribution in [3.63, 3.8) is 0 Å². The van der Waals surface area contributed by atoms with Crippen LogP contribution in [0.2, 0.25) is 0 Å². The number of nitrogens with zero attached hydrogens (tertiary/aromatic N) is 3. The van der Waals surface area contributed by atoms with E-state index < -0.39 is 9.84 Å². The fraction of sp³-hybridized carbons (Fsp3) is 0.389. The number of ether oxygens (including phenoxy) is 1. The fourth-order valence-electron chi connectivity index (χ4n) is 2.99. The summed E-state index contributed by atoms with van der Waals surface area (Å²) in [5.74, 6) is 0.708. The van der Waals surface area contributed by atoms with Crippen LogP contribution in [0.15, 0.2) is 27.9 Å². The quantitative estimate of drug-likeness (QED) is 0.690. The van der Waals surface area contributed by atoms with Gasteiger partial charge in [0.25, 0.3) is 5.56 Å². The van der Waals surface area contributed by atoms with Crippen LogP contribution < -0.4 is 10.3 Å². The zero-order valence-electron chi connectivity index (χ0n) is 15.7. The summed E-state index contributed by atoms with van der Waals surface area (Å²) in [6.45, 7) is 4.25. The molecule has 0 fully saturated rings. The third-order valence-corrected chi connectivity index (χ3v) is 5.29. The van der Waals surface area contributed by atoms with Crippen molar-refractivity contribution in [1.29, 1.82) is 0 Å². The Morgan fingerprint density at radius 3 is 2.63 bits per heavy atom. The van der Waals surface area contributed by atoms with Gasteiger partial charge >= 0.3 is 0 Å². The van der Waals surface area contributed by atoms with Crippen molar-refractivity contribution in [2.75, 3.05) is 12.9 Å². The van der Waals surface area contributed by atoms with Gasteiger partial charge in [-0.2, -0.15) is 5.10 Å². The maximum Gasteiger partial charge on any atom is 0.277 e. The van der Waals surface area contributed by atoms with E-state index in [0.717, 1.165) is 18.4 Å². The number of aryl methyl sites for hydroxylation is 2. The second kappa shape index (κ2) is 7.15. The largest absolute Gasteiger partial charge is 0.493 e. The lowest BCUT2D eigenvalue weighted by Crippen LogP contribution is -2.13. The average molecular weight is 390 g/mol. The molecule has 1 aromatic carbocycles. The minimum atomic E-state index is -3.42. The third kappa shape index (κ3) is 3.59. The van der Waals surface area contributed by atoms with Crippen LogP contribution in [-0.2, 0) is 23.3 Å². The molecule has 0 unspecified atom stereocenters. The summed E-state index contributed by atoms with van der Waals surface area (Å²) in [6, 6.07) is 4.53. The lowest BCUT2D eigenvalue weighted by Gasteiger charge is -2.11. The number of nitrogens with one attached hydrogen (secondary N) is 1. The van der Waals surface area contributed by atoms with Gasteiger partial charge in [-0.25, -0.2) is 13.4 Å². The zero-order chi connectivity index (χ0) is 19.8. The van der Waals surface area contributed by atoms with Crippen molar-refractivity contribution in [3.8, 4) is 17.1 Å². The van der Waals surface area contributed by atoms with E-state index in [9.17, 15) is 13.2 Å². The van der Waals surface area contributed by atoms with Gasteiger partial charge in [-0.3, -0.25) is 9.48 Å². The molecule has 3 rings (SSSR count). The summed E-state index contributed by atoms with van der Waals surface area (Å²) in [5, 5.41) is 4.40. The first kappa shape index (κ1) is 19.1. The maximum atomic E-state index is 12.6. The minimum Gasteiger partial charge on any atom is -0.493 e. The Bertz CT molecular complexity index is 1160. The number of aromatic nitrogens is 4. The summed E-state index contributed by atoms with van der Waals surface area (Å²) < 4.78 is 31.1. The molecular weight excluding hydrogens is 368 g/mol. The van der Waals surface area contributed by atoms with Crippen LogP contribution in [0, 0.1) is 0 Å². The fourth-order valence-corrected chi connectivity index (χ4v) is 3.63. The van der Waals surface area contributed by atoms with Gasteiger partial charge in [-0.15, -0.1) is 0 Å². The molecule has 0 saturated heterocycles. The standard InChI is InChI=1S/C18H22N4O4S/c1-5-7-13-15-16(22(3)21-13)18(23)20-17(19-15)12-10-11(27(4,24)25)8-9-14(12)26-6-2/h8-10H,5-7H2,1-4H3,(H,19,20,23). The molecule has 0 amide bonds. The first-order chi connectivity index (χ1) is 12.8. The second-order valence-electron chi connectivity index (χ2n) is 6.30. The molecule has 2 aromatic heterocycles. The average Bonchev–Trinajstić information content (AvgIpc) is 2.91. The minimum absolute atomic E-state index is 0.128.